The number of ketones is 2. The summed E-state index contributed by atoms with van der Waals surface area (Å²) in [5.41, 5.74) is -1.23. The predicted molar refractivity (Wildman–Crippen MR) is 147 cm³/mol. The van der Waals surface area contributed by atoms with Gasteiger partial charge in [0.25, 0.3) is 0 Å². The second-order valence-electron chi connectivity index (χ2n) is 11.8. The highest BCUT2D eigenvalue weighted by molar-refractivity contribution is 5.93. The molecule has 6 aliphatic rings. The van der Waals surface area contributed by atoms with Crippen molar-refractivity contribution in [2.75, 3.05) is 66.8 Å². The molecule has 1 aromatic rings. The lowest BCUT2D eigenvalue weighted by atomic mass is 9.74. The molecule has 11 nitrogen and oxygen atoms in total. The first-order valence-corrected chi connectivity index (χ1v) is 14.5. The van der Waals surface area contributed by atoms with Crippen LogP contribution >= 0.6 is 0 Å². The molecule has 224 valence electrons. The first-order valence-electron chi connectivity index (χ1n) is 14.5. The van der Waals surface area contributed by atoms with E-state index in [0.29, 0.717) is 0 Å². The van der Waals surface area contributed by atoms with E-state index in [1.54, 1.807) is 0 Å². The van der Waals surface area contributed by atoms with E-state index in [2.05, 4.69) is 10.2 Å². The molecule has 0 aliphatic carbocycles. The van der Waals surface area contributed by atoms with Crippen molar-refractivity contribution >= 4 is 23.6 Å². The minimum Gasteiger partial charge on any atom is -0.462 e. The van der Waals surface area contributed by atoms with Gasteiger partial charge in [0.05, 0.1) is 13.2 Å². The molecule has 4 bridgehead atoms. The Bertz CT molecular complexity index is 1120. The van der Waals surface area contributed by atoms with Crippen LogP contribution in [0, 0.1) is 11.8 Å². The molecule has 1 aromatic carbocycles. The summed E-state index contributed by atoms with van der Waals surface area (Å²) < 4.78 is 22.2. The lowest BCUT2D eigenvalue weighted by Gasteiger charge is -2.52. The zero-order chi connectivity index (χ0) is 29.0. The summed E-state index contributed by atoms with van der Waals surface area (Å²) in [4.78, 5) is 57.2. The second-order valence-corrected chi connectivity index (χ2v) is 11.8. The molecule has 11 heteroatoms. The van der Waals surface area contributed by atoms with E-state index in [-0.39, 0.29) is 56.3 Å². The maximum atomic E-state index is 13.5. The van der Waals surface area contributed by atoms with Gasteiger partial charge < -0.3 is 24.3 Å². The number of esters is 1. The van der Waals surface area contributed by atoms with Gasteiger partial charge in [-0.15, -0.1) is 0 Å². The number of methoxy groups -OCH3 is 2. The Morgan fingerprint density at radius 3 is 1.76 bits per heavy atom. The van der Waals surface area contributed by atoms with Crippen LogP contribution in [0.25, 0.3) is 0 Å². The molecule has 7 rings (SSSR count). The van der Waals surface area contributed by atoms with Gasteiger partial charge >= 0.3 is 12.1 Å². The molecule has 1 amide bonds. The molecule has 6 heterocycles. The largest absolute Gasteiger partial charge is 0.462 e. The van der Waals surface area contributed by atoms with Crippen molar-refractivity contribution in [1.29, 1.82) is 0 Å². The number of nitrogens with zero attached hydrogens (tertiary/aromatic N) is 2. The van der Waals surface area contributed by atoms with Crippen LogP contribution in [-0.2, 0) is 39.8 Å². The Morgan fingerprint density at radius 2 is 1.29 bits per heavy atom. The molecule has 1 N–H and O–H groups in total. The number of amides is 1. The van der Waals surface area contributed by atoms with Crippen LogP contribution in [0.1, 0.15) is 31.2 Å². The molecule has 3 atom stereocenters. The SMILES string of the molecule is COC[C@@]1(COC(=O)N[C@@H](Cc2ccccc2)C(=O)OC[C@]2(COC)C(=O)C3CCN2CC3)C(=O)C2CCN1CC2. The minimum absolute atomic E-state index is 0.0368. The number of Topliss-reactive ketones (excluding diaryl/α,β-unsaturated/α-hetero) is 2. The van der Waals surface area contributed by atoms with Crippen molar-refractivity contribution in [3.8, 4) is 0 Å². The Labute approximate surface area is 240 Å². The fourth-order valence-electron chi connectivity index (χ4n) is 7.12. The summed E-state index contributed by atoms with van der Waals surface area (Å²) in [6.45, 7) is 2.90. The highest BCUT2D eigenvalue weighted by Crippen LogP contribution is 2.38. The topological polar surface area (TPSA) is 124 Å². The third kappa shape index (κ3) is 5.77. The molecule has 6 fully saturated rings. The molecule has 0 unspecified atom stereocenters. The predicted octanol–water partition coefficient (Wildman–Crippen LogP) is 1.23. The standard InChI is InChI=1S/C30H41N3O8/c1-38-17-29(25(34)22-8-12-32(29)13-9-22)19-40-27(36)24(16-21-6-4-3-5-7-21)31-28(37)41-20-30(18-39-2)26(35)23-10-14-33(30)15-11-23/h3-7,22-24H,8-20H2,1-2H3,(H,31,37)/t24-,29+,30+/m0/s1. The summed E-state index contributed by atoms with van der Waals surface area (Å²) in [6, 6.07) is 8.21. The summed E-state index contributed by atoms with van der Waals surface area (Å²) in [5.74, 6) is -0.707. The van der Waals surface area contributed by atoms with E-state index >= 15 is 0 Å². The van der Waals surface area contributed by atoms with Crippen molar-refractivity contribution < 1.29 is 38.1 Å². The molecule has 0 spiro atoms. The van der Waals surface area contributed by atoms with Gasteiger partial charge in [-0.2, -0.15) is 0 Å². The highest BCUT2D eigenvalue weighted by atomic mass is 16.6. The van der Waals surface area contributed by atoms with E-state index < -0.39 is 29.2 Å². The normalized spacial score (nSPS) is 32.9. The molecular weight excluding hydrogens is 530 g/mol. The van der Waals surface area contributed by atoms with Crippen LogP contribution in [0.5, 0.6) is 0 Å². The van der Waals surface area contributed by atoms with Gasteiger partial charge in [-0.25, -0.2) is 9.59 Å². The fraction of sp³-hybridized carbons (Fsp3) is 0.667. The van der Waals surface area contributed by atoms with Crippen LogP contribution < -0.4 is 5.32 Å². The van der Waals surface area contributed by atoms with Crippen molar-refractivity contribution in [1.82, 2.24) is 15.1 Å². The third-order valence-corrected chi connectivity index (χ3v) is 9.38. The Balaban J connectivity index is 1.27. The van der Waals surface area contributed by atoms with Gasteiger partial charge in [-0.1, -0.05) is 30.3 Å². The number of carbonyl (C=O) groups is 4. The molecule has 6 saturated heterocycles. The van der Waals surface area contributed by atoms with Crippen LogP contribution in [0.4, 0.5) is 4.79 Å². The van der Waals surface area contributed by atoms with E-state index in [9.17, 15) is 19.2 Å². The number of ether oxygens (including phenoxy) is 4. The number of benzene rings is 1. The maximum Gasteiger partial charge on any atom is 0.407 e. The Kier molecular flexibility index (Phi) is 9.08. The molecule has 0 aromatic heterocycles. The smallest absolute Gasteiger partial charge is 0.407 e. The number of alkyl carbamates (subject to hydrolysis) is 1. The van der Waals surface area contributed by atoms with Crippen molar-refractivity contribution in [3.63, 3.8) is 0 Å². The maximum absolute atomic E-state index is 13.5. The Hall–Kier alpha value is -2.86. The van der Waals surface area contributed by atoms with Crippen LogP contribution in [0.3, 0.4) is 0 Å². The average Bonchev–Trinajstić information content (AvgIpc) is 3.00. The van der Waals surface area contributed by atoms with E-state index in [4.69, 9.17) is 18.9 Å². The highest BCUT2D eigenvalue weighted by Gasteiger charge is 2.55. The number of carbonyl (C=O) groups excluding carboxylic acids is 4. The number of piperidine rings is 6. The lowest BCUT2D eigenvalue weighted by molar-refractivity contribution is -0.168. The summed E-state index contributed by atoms with van der Waals surface area (Å²) in [6.07, 6.45) is 2.54. The van der Waals surface area contributed by atoms with Gasteiger partial charge in [-0.05, 0) is 31.2 Å². The van der Waals surface area contributed by atoms with Crippen molar-refractivity contribution in [2.24, 2.45) is 11.8 Å². The lowest BCUT2D eigenvalue weighted by Crippen LogP contribution is -2.69. The zero-order valence-electron chi connectivity index (χ0n) is 24.0. The third-order valence-electron chi connectivity index (χ3n) is 9.38. The van der Waals surface area contributed by atoms with E-state index in [1.807, 2.05) is 35.2 Å². The van der Waals surface area contributed by atoms with Gasteiger partial charge in [0.15, 0.2) is 11.6 Å². The molecule has 0 saturated carbocycles. The number of rotatable bonds is 12. The molecule has 0 radical (unpaired) electrons. The zero-order valence-corrected chi connectivity index (χ0v) is 24.0. The van der Waals surface area contributed by atoms with Gasteiger partial charge in [-0.3, -0.25) is 19.4 Å². The summed E-state index contributed by atoms with van der Waals surface area (Å²) >= 11 is 0. The number of nitrogens with one attached hydrogen (secondary N) is 1. The summed E-state index contributed by atoms with van der Waals surface area (Å²) in [5, 5.41) is 2.66. The minimum atomic E-state index is -1.06. The Morgan fingerprint density at radius 1 is 0.805 bits per heavy atom. The van der Waals surface area contributed by atoms with Crippen LogP contribution in [0.2, 0.25) is 0 Å². The quantitative estimate of drug-likeness (QED) is 0.367. The van der Waals surface area contributed by atoms with E-state index in [1.165, 1.54) is 14.2 Å². The number of fused-ring (bicyclic) bond motifs is 6. The second kappa shape index (κ2) is 12.6. The first-order chi connectivity index (χ1) is 19.8. The first kappa shape index (κ1) is 29.6. The number of hydrogen-bond acceptors (Lipinski definition) is 10. The van der Waals surface area contributed by atoms with Gasteiger partial charge in [0.2, 0.25) is 0 Å². The number of hydrogen-bond donors (Lipinski definition) is 1. The van der Waals surface area contributed by atoms with E-state index in [0.717, 1.165) is 57.4 Å². The van der Waals surface area contributed by atoms with Crippen LogP contribution in [-0.4, -0.2) is 117 Å². The molecule has 41 heavy (non-hydrogen) atoms. The summed E-state index contributed by atoms with van der Waals surface area (Å²) in [7, 11) is 3.06. The fourth-order valence-corrected chi connectivity index (χ4v) is 7.12. The van der Waals surface area contributed by atoms with Crippen LogP contribution in [0.15, 0.2) is 30.3 Å². The van der Waals surface area contributed by atoms with Crippen molar-refractivity contribution in [2.45, 2.75) is 49.2 Å². The molecule has 6 aliphatic heterocycles. The average molecular weight is 572 g/mol. The van der Waals surface area contributed by atoms with Gasteiger partial charge in [0.1, 0.15) is 30.3 Å². The van der Waals surface area contributed by atoms with Gasteiger partial charge in [0, 0.05) is 58.7 Å². The van der Waals surface area contributed by atoms with Crippen molar-refractivity contribution in [3.05, 3.63) is 35.9 Å². The molecular formula is C30H41N3O8. The monoisotopic (exact) mass is 571 g/mol.